The average Bonchev–Trinajstić information content (AvgIpc) is 2.64. The van der Waals surface area contributed by atoms with Crippen molar-refractivity contribution in [3.05, 3.63) is 30.3 Å². The predicted molar refractivity (Wildman–Crippen MR) is 93.0 cm³/mol. The molecule has 2 rings (SSSR count). The molecule has 0 unspecified atom stereocenters. The fraction of sp³-hybridized carbons (Fsp3) is 0.529. The summed E-state index contributed by atoms with van der Waals surface area (Å²) < 4.78 is 4.88. The van der Waals surface area contributed by atoms with Gasteiger partial charge in [-0.1, -0.05) is 18.2 Å². The van der Waals surface area contributed by atoms with E-state index in [1.807, 2.05) is 18.2 Å². The molecule has 1 aromatic rings. The minimum atomic E-state index is -0.178. The Morgan fingerprint density at radius 2 is 1.79 bits per heavy atom. The van der Waals surface area contributed by atoms with Crippen molar-refractivity contribution < 1.29 is 14.3 Å². The van der Waals surface area contributed by atoms with Crippen LogP contribution in [0.3, 0.4) is 0 Å². The van der Waals surface area contributed by atoms with E-state index in [2.05, 4.69) is 27.7 Å². The van der Waals surface area contributed by atoms with Crippen molar-refractivity contribution in [1.82, 2.24) is 15.5 Å². The Labute approximate surface area is 142 Å². The summed E-state index contributed by atoms with van der Waals surface area (Å²) in [6.07, 6.45) is 0. The second-order valence-electron chi connectivity index (χ2n) is 5.65. The number of anilines is 1. The number of carbonyl (C=O) groups excluding carboxylic acids is 2. The number of para-hydroxylation sites is 1. The van der Waals surface area contributed by atoms with Gasteiger partial charge in [-0.2, -0.15) is 0 Å². The number of amides is 2. The zero-order chi connectivity index (χ0) is 17.2. The highest BCUT2D eigenvalue weighted by atomic mass is 16.5. The van der Waals surface area contributed by atoms with E-state index in [0.29, 0.717) is 26.2 Å². The number of ether oxygens (including phenoxy) is 1. The van der Waals surface area contributed by atoms with Crippen LogP contribution in [0.25, 0.3) is 0 Å². The SMILES string of the molecule is COCCNCC(=O)NCC(=O)N1CCN(c2ccccc2)CC1. The number of methoxy groups -OCH3 is 1. The molecular weight excluding hydrogens is 308 g/mol. The van der Waals surface area contributed by atoms with Gasteiger partial charge in [-0.3, -0.25) is 9.59 Å². The maximum Gasteiger partial charge on any atom is 0.242 e. The van der Waals surface area contributed by atoms with Gasteiger partial charge in [-0.05, 0) is 12.1 Å². The van der Waals surface area contributed by atoms with Crippen molar-refractivity contribution in [3.8, 4) is 0 Å². The molecule has 0 bridgehead atoms. The first-order valence-corrected chi connectivity index (χ1v) is 8.25. The zero-order valence-corrected chi connectivity index (χ0v) is 14.2. The zero-order valence-electron chi connectivity index (χ0n) is 14.2. The smallest absolute Gasteiger partial charge is 0.242 e. The third kappa shape index (κ3) is 5.82. The van der Waals surface area contributed by atoms with Gasteiger partial charge in [-0.15, -0.1) is 0 Å². The lowest BCUT2D eigenvalue weighted by Crippen LogP contribution is -2.51. The first-order chi connectivity index (χ1) is 11.7. The molecule has 7 nitrogen and oxygen atoms in total. The largest absolute Gasteiger partial charge is 0.383 e. The lowest BCUT2D eigenvalue weighted by atomic mass is 10.2. The minimum Gasteiger partial charge on any atom is -0.383 e. The lowest BCUT2D eigenvalue weighted by Gasteiger charge is -2.36. The van der Waals surface area contributed by atoms with E-state index >= 15 is 0 Å². The van der Waals surface area contributed by atoms with Crippen LogP contribution in [0.4, 0.5) is 5.69 Å². The summed E-state index contributed by atoms with van der Waals surface area (Å²) in [5.74, 6) is -0.213. The Kier molecular flexibility index (Phi) is 7.51. The molecule has 1 aromatic carbocycles. The van der Waals surface area contributed by atoms with Crippen molar-refractivity contribution in [2.24, 2.45) is 0 Å². The van der Waals surface area contributed by atoms with Crippen LogP contribution in [0, 0.1) is 0 Å². The van der Waals surface area contributed by atoms with E-state index in [9.17, 15) is 9.59 Å². The Morgan fingerprint density at radius 3 is 2.46 bits per heavy atom. The Hall–Kier alpha value is -2.12. The maximum absolute atomic E-state index is 12.2. The van der Waals surface area contributed by atoms with Crippen LogP contribution in [0.1, 0.15) is 0 Å². The van der Waals surface area contributed by atoms with Gasteiger partial charge in [0.25, 0.3) is 0 Å². The number of nitrogens with one attached hydrogen (secondary N) is 2. The van der Waals surface area contributed by atoms with Gasteiger partial charge < -0.3 is 25.2 Å². The fourth-order valence-electron chi connectivity index (χ4n) is 2.58. The van der Waals surface area contributed by atoms with E-state index in [4.69, 9.17) is 4.74 Å². The van der Waals surface area contributed by atoms with Gasteiger partial charge in [-0.25, -0.2) is 0 Å². The molecular formula is C17H26N4O3. The summed E-state index contributed by atoms with van der Waals surface area (Å²) in [4.78, 5) is 27.9. The third-order valence-electron chi connectivity index (χ3n) is 3.96. The molecule has 1 aliphatic rings. The number of nitrogens with zero attached hydrogens (tertiary/aromatic N) is 2. The summed E-state index contributed by atoms with van der Waals surface area (Å²) in [7, 11) is 1.61. The molecule has 1 fully saturated rings. The van der Waals surface area contributed by atoms with Crippen LogP contribution in [0.15, 0.2) is 30.3 Å². The summed E-state index contributed by atoms with van der Waals surface area (Å²) in [5, 5.41) is 5.60. The van der Waals surface area contributed by atoms with Crippen LogP contribution in [-0.4, -0.2) is 76.2 Å². The number of rotatable bonds is 8. The maximum atomic E-state index is 12.2. The van der Waals surface area contributed by atoms with Crippen molar-refractivity contribution in [3.63, 3.8) is 0 Å². The van der Waals surface area contributed by atoms with Crippen LogP contribution in [0.5, 0.6) is 0 Å². The van der Waals surface area contributed by atoms with Crippen LogP contribution in [0.2, 0.25) is 0 Å². The monoisotopic (exact) mass is 334 g/mol. The van der Waals surface area contributed by atoms with Crippen LogP contribution >= 0.6 is 0 Å². The first-order valence-electron chi connectivity index (χ1n) is 8.25. The van der Waals surface area contributed by atoms with Gasteiger partial charge in [0.15, 0.2) is 0 Å². The Morgan fingerprint density at radius 1 is 1.08 bits per heavy atom. The summed E-state index contributed by atoms with van der Waals surface area (Å²) in [6, 6.07) is 10.2. The summed E-state index contributed by atoms with van der Waals surface area (Å²) >= 11 is 0. The highest BCUT2D eigenvalue weighted by molar-refractivity contribution is 5.85. The van der Waals surface area contributed by atoms with Gasteiger partial charge in [0, 0.05) is 45.5 Å². The molecule has 7 heteroatoms. The van der Waals surface area contributed by atoms with Crippen LogP contribution in [-0.2, 0) is 14.3 Å². The molecule has 24 heavy (non-hydrogen) atoms. The second-order valence-corrected chi connectivity index (χ2v) is 5.65. The molecule has 1 saturated heterocycles. The fourth-order valence-corrected chi connectivity index (χ4v) is 2.58. The number of piperazine rings is 1. The Bertz CT molecular complexity index is 516. The molecule has 0 aromatic heterocycles. The van der Waals surface area contributed by atoms with Gasteiger partial charge in [0.2, 0.25) is 11.8 Å². The van der Waals surface area contributed by atoms with Crippen molar-refractivity contribution >= 4 is 17.5 Å². The summed E-state index contributed by atoms with van der Waals surface area (Å²) in [6.45, 7) is 4.38. The molecule has 2 N–H and O–H groups in total. The molecule has 2 amide bonds. The van der Waals surface area contributed by atoms with E-state index in [-0.39, 0.29) is 24.9 Å². The molecule has 1 heterocycles. The highest BCUT2D eigenvalue weighted by Gasteiger charge is 2.21. The van der Waals surface area contributed by atoms with E-state index in [1.165, 1.54) is 5.69 Å². The van der Waals surface area contributed by atoms with Crippen molar-refractivity contribution in [2.45, 2.75) is 0 Å². The van der Waals surface area contributed by atoms with Gasteiger partial charge in [0.05, 0.1) is 19.7 Å². The molecule has 0 aliphatic carbocycles. The standard InChI is InChI=1S/C17H26N4O3/c1-24-12-7-18-13-16(22)19-14-17(23)21-10-8-20(9-11-21)15-5-3-2-4-6-15/h2-6,18H,7-14H2,1H3,(H,19,22). The molecule has 0 spiro atoms. The molecule has 1 aliphatic heterocycles. The topological polar surface area (TPSA) is 73.9 Å². The minimum absolute atomic E-state index is 0.0343. The second kappa shape index (κ2) is 9.89. The molecule has 132 valence electrons. The quantitative estimate of drug-likeness (QED) is 0.638. The summed E-state index contributed by atoms with van der Waals surface area (Å²) in [5.41, 5.74) is 1.18. The number of hydrogen-bond donors (Lipinski definition) is 2. The number of carbonyl (C=O) groups is 2. The molecule has 0 atom stereocenters. The molecule has 0 saturated carbocycles. The Balaban J connectivity index is 1.65. The van der Waals surface area contributed by atoms with Crippen molar-refractivity contribution in [1.29, 1.82) is 0 Å². The molecule has 0 radical (unpaired) electrons. The lowest BCUT2D eigenvalue weighted by molar-refractivity contribution is -0.132. The predicted octanol–water partition coefficient (Wildman–Crippen LogP) is -0.313. The van der Waals surface area contributed by atoms with Gasteiger partial charge >= 0.3 is 0 Å². The highest BCUT2D eigenvalue weighted by Crippen LogP contribution is 2.15. The van der Waals surface area contributed by atoms with E-state index in [0.717, 1.165) is 13.1 Å². The number of benzene rings is 1. The van der Waals surface area contributed by atoms with Crippen molar-refractivity contribution in [2.75, 3.05) is 64.4 Å². The van der Waals surface area contributed by atoms with E-state index in [1.54, 1.807) is 12.0 Å². The van der Waals surface area contributed by atoms with Crippen LogP contribution < -0.4 is 15.5 Å². The van der Waals surface area contributed by atoms with E-state index < -0.39 is 0 Å². The average molecular weight is 334 g/mol. The normalized spacial score (nSPS) is 14.5. The third-order valence-corrected chi connectivity index (χ3v) is 3.96. The van der Waals surface area contributed by atoms with Gasteiger partial charge in [0.1, 0.15) is 0 Å². The first kappa shape index (κ1) is 18.2. The number of hydrogen-bond acceptors (Lipinski definition) is 5.